The van der Waals surface area contributed by atoms with Gasteiger partial charge in [-0.05, 0) is 18.2 Å². The van der Waals surface area contributed by atoms with Crippen LogP contribution in [0.15, 0.2) is 35.3 Å². The van der Waals surface area contributed by atoms with Crippen molar-refractivity contribution in [1.82, 2.24) is 4.57 Å². The Morgan fingerprint density at radius 3 is 2.71 bits per heavy atom. The molecule has 0 aliphatic carbocycles. The van der Waals surface area contributed by atoms with E-state index in [1.807, 2.05) is 18.2 Å². The quantitative estimate of drug-likeness (QED) is 0.681. The van der Waals surface area contributed by atoms with Crippen molar-refractivity contribution in [3.8, 4) is 5.75 Å². The topological polar surface area (TPSA) is 31.2 Å². The molecular formula is C11H11NO2. The summed E-state index contributed by atoms with van der Waals surface area (Å²) in [6.45, 7) is 0. The molecule has 0 N–H and O–H groups in total. The number of methoxy groups -OCH3 is 1. The molecule has 0 aliphatic heterocycles. The van der Waals surface area contributed by atoms with Gasteiger partial charge in [0, 0.05) is 18.6 Å². The first-order valence-electron chi connectivity index (χ1n) is 4.36. The fraction of sp³-hybridized carbons (Fsp3) is 0.182. The van der Waals surface area contributed by atoms with Gasteiger partial charge in [0.2, 0.25) is 0 Å². The Bertz CT molecular complexity index is 528. The highest BCUT2D eigenvalue weighted by Gasteiger charge is 2.03. The zero-order valence-corrected chi connectivity index (χ0v) is 8.15. The van der Waals surface area contributed by atoms with Gasteiger partial charge in [-0.15, -0.1) is 0 Å². The summed E-state index contributed by atoms with van der Waals surface area (Å²) in [4.78, 5) is 11.7. The SMILES string of the molecule is COc1cccc2c(=O)n(C)ccc12. The molecular weight excluding hydrogens is 178 g/mol. The van der Waals surface area contributed by atoms with E-state index >= 15 is 0 Å². The average molecular weight is 189 g/mol. The first-order valence-corrected chi connectivity index (χ1v) is 4.36. The molecule has 3 nitrogen and oxygen atoms in total. The Morgan fingerprint density at radius 2 is 2.00 bits per heavy atom. The number of benzene rings is 1. The second-order valence-corrected chi connectivity index (χ2v) is 3.15. The number of pyridine rings is 1. The fourth-order valence-corrected chi connectivity index (χ4v) is 1.52. The van der Waals surface area contributed by atoms with E-state index in [9.17, 15) is 4.79 Å². The number of fused-ring (bicyclic) bond motifs is 1. The largest absolute Gasteiger partial charge is 0.496 e. The molecule has 3 heteroatoms. The summed E-state index contributed by atoms with van der Waals surface area (Å²) in [6.07, 6.45) is 1.74. The highest BCUT2D eigenvalue weighted by atomic mass is 16.5. The van der Waals surface area contributed by atoms with E-state index in [4.69, 9.17) is 4.74 Å². The molecule has 0 aliphatic rings. The van der Waals surface area contributed by atoms with Gasteiger partial charge < -0.3 is 9.30 Å². The second-order valence-electron chi connectivity index (χ2n) is 3.15. The van der Waals surface area contributed by atoms with E-state index in [0.29, 0.717) is 5.39 Å². The predicted molar refractivity (Wildman–Crippen MR) is 55.7 cm³/mol. The predicted octanol–water partition coefficient (Wildman–Crippen LogP) is 1.55. The summed E-state index contributed by atoms with van der Waals surface area (Å²) in [5, 5.41) is 1.55. The standard InChI is InChI=1S/C11H11NO2/c1-12-7-6-8-9(11(12)13)4-3-5-10(8)14-2/h3-7H,1-2H3. The summed E-state index contributed by atoms with van der Waals surface area (Å²) < 4.78 is 6.73. The van der Waals surface area contributed by atoms with E-state index < -0.39 is 0 Å². The molecule has 2 aromatic rings. The molecule has 0 radical (unpaired) electrons. The third-order valence-corrected chi connectivity index (χ3v) is 2.30. The van der Waals surface area contributed by atoms with E-state index in [2.05, 4.69) is 0 Å². The third-order valence-electron chi connectivity index (χ3n) is 2.30. The number of ether oxygens (including phenoxy) is 1. The molecule has 0 spiro atoms. The van der Waals surface area contributed by atoms with Crippen LogP contribution in [0.5, 0.6) is 5.75 Å². The molecule has 0 bridgehead atoms. The lowest BCUT2D eigenvalue weighted by molar-refractivity contribution is 0.419. The van der Waals surface area contributed by atoms with Crippen molar-refractivity contribution >= 4 is 10.8 Å². The molecule has 14 heavy (non-hydrogen) atoms. The first-order chi connectivity index (χ1) is 6.74. The van der Waals surface area contributed by atoms with Gasteiger partial charge >= 0.3 is 0 Å². The van der Waals surface area contributed by atoms with Crippen molar-refractivity contribution in [3.05, 3.63) is 40.8 Å². The van der Waals surface area contributed by atoms with Crippen LogP contribution in [0.4, 0.5) is 0 Å². The van der Waals surface area contributed by atoms with Crippen LogP contribution in [0.3, 0.4) is 0 Å². The van der Waals surface area contributed by atoms with E-state index in [-0.39, 0.29) is 5.56 Å². The summed E-state index contributed by atoms with van der Waals surface area (Å²) in [6, 6.07) is 7.36. The Labute approximate surface area is 81.5 Å². The lowest BCUT2D eigenvalue weighted by Crippen LogP contribution is -2.15. The summed E-state index contributed by atoms with van der Waals surface area (Å²) in [5.41, 5.74) is 0.00130. The molecule has 0 fully saturated rings. The van der Waals surface area contributed by atoms with Crippen molar-refractivity contribution in [2.75, 3.05) is 7.11 Å². The van der Waals surface area contributed by atoms with Crippen molar-refractivity contribution in [2.24, 2.45) is 7.05 Å². The van der Waals surface area contributed by atoms with Crippen molar-refractivity contribution in [1.29, 1.82) is 0 Å². The average Bonchev–Trinajstić information content (AvgIpc) is 2.23. The van der Waals surface area contributed by atoms with Crippen molar-refractivity contribution in [3.63, 3.8) is 0 Å². The maximum atomic E-state index is 11.7. The number of nitrogens with zero attached hydrogens (tertiary/aromatic N) is 1. The van der Waals surface area contributed by atoms with Gasteiger partial charge in [0.05, 0.1) is 12.5 Å². The molecule has 1 aromatic heterocycles. The zero-order chi connectivity index (χ0) is 10.1. The minimum atomic E-state index is 0.00130. The van der Waals surface area contributed by atoms with Gasteiger partial charge in [0.15, 0.2) is 0 Å². The summed E-state index contributed by atoms with van der Waals surface area (Å²) in [7, 11) is 3.34. The second kappa shape index (κ2) is 3.18. The van der Waals surface area contributed by atoms with E-state index in [0.717, 1.165) is 11.1 Å². The number of aromatic nitrogens is 1. The summed E-state index contributed by atoms with van der Waals surface area (Å²) in [5.74, 6) is 0.736. The molecule has 0 saturated carbocycles. The summed E-state index contributed by atoms with van der Waals surface area (Å²) >= 11 is 0. The Kier molecular flexibility index (Phi) is 2.00. The van der Waals surface area contributed by atoms with Crippen molar-refractivity contribution in [2.45, 2.75) is 0 Å². The van der Waals surface area contributed by atoms with Crippen LogP contribution in [-0.4, -0.2) is 11.7 Å². The van der Waals surface area contributed by atoms with E-state index in [1.165, 1.54) is 0 Å². The molecule has 0 saturated heterocycles. The number of hydrogen-bond donors (Lipinski definition) is 0. The van der Waals surface area contributed by atoms with Crippen LogP contribution in [0, 0.1) is 0 Å². The normalized spacial score (nSPS) is 10.4. The van der Waals surface area contributed by atoms with Crippen molar-refractivity contribution < 1.29 is 4.74 Å². The van der Waals surface area contributed by atoms with Crippen LogP contribution in [0.2, 0.25) is 0 Å². The van der Waals surface area contributed by atoms with E-state index in [1.54, 1.807) is 31.0 Å². The lowest BCUT2D eigenvalue weighted by atomic mass is 10.1. The number of rotatable bonds is 1. The molecule has 0 atom stereocenters. The monoisotopic (exact) mass is 189 g/mol. The highest BCUT2D eigenvalue weighted by molar-refractivity contribution is 5.87. The van der Waals surface area contributed by atoms with Crippen LogP contribution < -0.4 is 10.3 Å². The van der Waals surface area contributed by atoms with Gasteiger partial charge in [0.1, 0.15) is 5.75 Å². The van der Waals surface area contributed by atoms with Crippen LogP contribution in [0.1, 0.15) is 0 Å². The van der Waals surface area contributed by atoms with Gasteiger partial charge in [0.25, 0.3) is 5.56 Å². The third kappa shape index (κ3) is 1.18. The lowest BCUT2D eigenvalue weighted by Gasteiger charge is -2.05. The van der Waals surface area contributed by atoms with Gasteiger partial charge in [-0.3, -0.25) is 4.79 Å². The van der Waals surface area contributed by atoms with Crippen LogP contribution >= 0.6 is 0 Å². The molecule has 0 unspecified atom stereocenters. The minimum absolute atomic E-state index is 0.00130. The zero-order valence-electron chi connectivity index (χ0n) is 8.15. The molecule has 1 aromatic carbocycles. The maximum Gasteiger partial charge on any atom is 0.258 e. The molecule has 2 rings (SSSR count). The Balaban J connectivity index is 2.93. The first kappa shape index (κ1) is 8.81. The number of aryl methyl sites for hydroxylation is 1. The van der Waals surface area contributed by atoms with Gasteiger partial charge in [-0.25, -0.2) is 0 Å². The minimum Gasteiger partial charge on any atom is -0.496 e. The molecule has 1 heterocycles. The maximum absolute atomic E-state index is 11.7. The smallest absolute Gasteiger partial charge is 0.258 e. The van der Waals surface area contributed by atoms with Gasteiger partial charge in [-0.2, -0.15) is 0 Å². The van der Waals surface area contributed by atoms with Crippen LogP contribution in [0.25, 0.3) is 10.8 Å². The molecule has 72 valence electrons. The Morgan fingerprint density at radius 1 is 1.21 bits per heavy atom. The highest BCUT2D eigenvalue weighted by Crippen LogP contribution is 2.21. The number of hydrogen-bond acceptors (Lipinski definition) is 2. The fourth-order valence-electron chi connectivity index (χ4n) is 1.52. The van der Waals surface area contributed by atoms with Gasteiger partial charge in [-0.1, -0.05) is 6.07 Å². The molecule has 0 amide bonds. The van der Waals surface area contributed by atoms with Crippen LogP contribution in [-0.2, 0) is 7.05 Å². The Hall–Kier alpha value is -1.77.